The van der Waals surface area contributed by atoms with Crippen molar-refractivity contribution in [1.29, 1.82) is 0 Å². The van der Waals surface area contributed by atoms with E-state index < -0.39 is 8.24 Å². The molecular weight excluding hydrogens is 346 g/mol. The Morgan fingerprint density at radius 1 is 0.778 bits per heavy atom. The summed E-state index contributed by atoms with van der Waals surface area (Å²) in [7, 11) is -1.68. The Labute approximate surface area is 172 Å². The first-order valence-electron chi connectivity index (χ1n) is 11.7. The van der Waals surface area contributed by atoms with Crippen molar-refractivity contribution in [3.05, 3.63) is 12.2 Å². The molecule has 0 aliphatic carbocycles. The number of hydrogen-bond acceptors (Lipinski definition) is 1. The summed E-state index contributed by atoms with van der Waals surface area (Å²) in [6.45, 7) is 13.5. The summed E-state index contributed by atoms with van der Waals surface area (Å²) >= 11 is 0. The lowest BCUT2D eigenvalue weighted by Gasteiger charge is -2.37. The summed E-state index contributed by atoms with van der Waals surface area (Å²) in [5.41, 5.74) is 0. The highest BCUT2D eigenvalue weighted by molar-refractivity contribution is 6.79. The third-order valence-electron chi connectivity index (χ3n) is 5.99. The van der Waals surface area contributed by atoms with Gasteiger partial charge in [0.05, 0.1) is 0 Å². The molecule has 0 radical (unpaired) electrons. The maximum Gasteiger partial charge on any atom is 0.212 e. The predicted molar refractivity (Wildman–Crippen MR) is 125 cm³/mol. The monoisotopic (exact) mass is 395 g/mol. The second kappa shape index (κ2) is 15.4. The number of carbonyl (C=O) groups is 1. The van der Waals surface area contributed by atoms with Crippen molar-refractivity contribution in [2.75, 3.05) is 0 Å². The molecule has 0 unspecified atom stereocenters. The van der Waals surface area contributed by atoms with Crippen molar-refractivity contribution in [3.8, 4) is 0 Å². The zero-order valence-corrected chi connectivity index (χ0v) is 20.5. The van der Waals surface area contributed by atoms with Crippen LogP contribution in [0.2, 0.25) is 18.1 Å². The van der Waals surface area contributed by atoms with Crippen LogP contribution in [0.3, 0.4) is 0 Å². The second-order valence-electron chi connectivity index (χ2n) is 9.76. The third kappa shape index (κ3) is 15.1. The van der Waals surface area contributed by atoms with Gasteiger partial charge in [-0.15, -0.1) is 0 Å². The lowest BCUT2D eigenvalue weighted by Crippen LogP contribution is -2.54. The number of nitrogens with one attached hydrogen (secondary N) is 1. The minimum atomic E-state index is -1.68. The summed E-state index contributed by atoms with van der Waals surface area (Å²) < 4.78 is 0. The fraction of sp³-hybridized carbons (Fsp3) is 0.875. The molecule has 0 saturated carbocycles. The van der Waals surface area contributed by atoms with Crippen molar-refractivity contribution in [3.63, 3.8) is 0 Å². The maximum atomic E-state index is 12.2. The number of rotatable bonds is 16. The Bertz CT molecular complexity index is 396. The van der Waals surface area contributed by atoms with E-state index >= 15 is 0 Å². The van der Waals surface area contributed by atoms with Crippen molar-refractivity contribution in [2.45, 2.75) is 136 Å². The largest absolute Gasteiger partial charge is 0.382 e. The molecule has 1 amide bonds. The van der Waals surface area contributed by atoms with Crippen LogP contribution in [0.15, 0.2) is 12.2 Å². The van der Waals surface area contributed by atoms with E-state index in [1.807, 2.05) is 0 Å². The molecule has 27 heavy (non-hydrogen) atoms. The molecule has 0 aliphatic rings. The Morgan fingerprint density at radius 3 is 1.70 bits per heavy atom. The van der Waals surface area contributed by atoms with Gasteiger partial charge in [0.1, 0.15) is 0 Å². The molecule has 0 fully saturated rings. The van der Waals surface area contributed by atoms with Gasteiger partial charge in [0.15, 0.2) is 8.24 Å². The molecular formula is C24H49NOSi. The van der Waals surface area contributed by atoms with Crippen LogP contribution in [0, 0.1) is 0 Å². The molecule has 0 spiro atoms. The molecule has 0 bridgehead atoms. The smallest absolute Gasteiger partial charge is 0.212 e. The summed E-state index contributed by atoms with van der Waals surface area (Å²) in [4.78, 5) is 15.5. The predicted octanol–water partition coefficient (Wildman–Crippen LogP) is 8.15. The third-order valence-corrected chi connectivity index (χ3v) is 10.6. The van der Waals surface area contributed by atoms with Gasteiger partial charge in [0, 0.05) is 6.42 Å². The van der Waals surface area contributed by atoms with Crippen LogP contribution in [-0.4, -0.2) is 14.1 Å². The highest BCUT2D eigenvalue weighted by Crippen LogP contribution is 2.33. The van der Waals surface area contributed by atoms with E-state index in [-0.39, 0.29) is 10.9 Å². The van der Waals surface area contributed by atoms with Gasteiger partial charge in [0.25, 0.3) is 0 Å². The first kappa shape index (κ1) is 26.4. The Balaban J connectivity index is 3.47. The van der Waals surface area contributed by atoms with E-state index in [9.17, 15) is 4.79 Å². The zero-order valence-electron chi connectivity index (χ0n) is 19.5. The Kier molecular flexibility index (Phi) is 15.0. The van der Waals surface area contributed by atoms with E-state index in [0.29, 0.717) is 6.42 Å². The number of allylic oxidation sites excluding steroid dienone is 2. The van der Waals surface area contributed by atoms with Crippen LogP contribution >= 0.6 is 0 Å². The molecule has 0 saturated heterocycles. The normalized spacial score (nSPS) is 12.7. The van der Waals surface area contributed by atoms with Crippen molar-refractivity contribution in [2.24, 2.45) is 0 Å². The lowest BCUT2D eigenvalue weighted by atomic mass is 10.1. The summed E-state index contributed by atoms with van der Waals surface area (Å²) in [5, 5.41) is 0.214. The number of hydrogen-bond donors (Lipinski definition) is 1. The molecule has 0 atom stereocenters. The number of amides is 1. The van der Waals surface area contributed by atoms with Gasteiger partial charge in [-0.25, -0.2) is 0 Å². The minimum Gasteiger partial charge on any atom is -0.382 e. The molecule has 0 aromatic rings. The van der Waals surface area contributed by atoms with Gasteiger partial charge >= 0.3 is 0 Å². The quantitative estimate of drug-likeness (QED) is 0.159. The average molecular weight is 396 g/mol. The molecule has 0 aromatic carbocycles. The standard InChI is InChI=1S/C24H49NOSi/c1-7-8-9-10-11-12-13-14-15-16-17-18-19-20-21-22-23(26)25-27(5,6)24(2,3)4/h14-15H,7-13,16-22H2,1-6H3,(H,25,26)/b15-14-. The van der Waals surface area contributed by atoms with E-state index in [1.54, 1.807) is 0 Å². The lowest BCUT2D eigenvalue weighted by molar-refractivity contribution is -0.119. The Morgan fingerprint density at radius 2 is 1.22 bits per heavy atom. The summed E-state index contributed by atoms with van der Waals surface area (Å²) in [5.74, 6) is 0.263. The van der Waals surface area contributed by atoms with Gasteiger partial charge in [-0.05, 0) is 37.1 Å². The summed E-state index contributed by atoms with van der Waals surface area (Å²) in [6, 6.07) is 0. The van der Waals surface area contributed by atoms with E-state index in [4.69, 9.17) is 0 Å². The van der Waals surface area contributed by atoms with E-state index in [2.05, 4.69) is 57.9 Å². The second-order valence-corrected chi connectivity index (χ2v) is 14.8. The maximum absolute atomic E-state index is 12.2. The van der Waals surface area contributed by atoms with Gasteiger partial charge in [-0.2, -0.15) is 0 Å². The molecule has 0 aromatic heterocycles. The molecule has 2 nitrogen and oxygen atoms in total. The number of unbranched alkanes of at least 4 members (excludes halogenated alkanes) is 11. The van der Waals surface area contributed by atoms with Gasteiger partial charge in [-0.1, -0.05) is 104 Å². The van der Waals surface area contributed by atoms with Crippen LogP contribution in [0.5, 0.6) is 0 Å². The average Bonchev–Trinajstić information content (AvgIpc) is 2.57. The number of carbonyl (C=O) groups excluding carboxylic acids is 1. The molecule has 0 rings (SSSR count). The fourth-order valence-corrected chi connectivity index (χ4v) is 4.15. The van der Waals surface area contributed by atoms with Gasteiger partial charge < -0.3 is 4.98 Å². The van der Waals surface area contributed by atoms with Gasteiger partial charge in [-0.3, -0.25) is 4.79 Å². The van der Waals surface area contributed by atoms with Crippen LogP contribution in [-0.2, 0) is 4.79 Å². The minimum absolute atomic E-state index is 0.214. The first-order valence-corrected chi connectivity index (χ1v) is 14.7. The molecule has 160 valence electrons. The topological polar surface area (TPSA) is 29.1 Å². The highest BCUT2D eigenvalue weighted by Gasteiger charge is 2.36. The van der Waals surface area contributed by atoms with Crippen molar-refractivity contribution < 1.29 is 4.79 Å². The van der Waals surface area contributed by atoms with Crippen molar-refractivity contribution >= 4 is 14.1 Å². The molecule has 0 aliphatic heterocycles. The van der Waals surface area contributed by atoms with Crippen LogP contribution in [0.25, 0.3) is 0 Å². The molecule has 1 N–H and O–H groups in total. The molecule has 0 heterocycles. The SMILES string of the molecule is CCCCCCCC/C=C\CCCCCCCC(=O)N[Si](C)(C)C(C)(C)C. The highest BCUT2D eigenvalue weighted by atomic mass is 28.3. The van der Waals surface area contributed by atoms with Crippen molar-refractivity contribution in [1.82, 2.24) is 4.98 Å². The van der Waals surface area contributed by atoms with Gasteiger partial charge in [0.2, 0.25) is 5.91 Å². The van der Waals surface area contributed by atoms with E-state index in [1.165, 1.54) is 77.0 Å². The van der Waals surface area contributed by atoms with E-state index in [0.717, 1.165) is 6.42 Å². The molecule has 3 heteroatoms. The summed E-state index contributed by atoms with van der Waals surface area (Å²) in [6.07, 6.45) is 22.3. The van der Waals surface area contributed by atoms with Crippen LogP contribution < -0.4 is 4.98 Å². The fourth-order valence-electron chi connectivity index (χ4n) is 2.95. The Hall–Kier alpha value is -0.573. The first-order chi connectivity index (χ1) is 12.7. The van der Waals surface area contributed by atoms with Crippen LogP contribution in [0.4, 0.5) is 0 Å². The zero-order chi connectivity index (χ0) is 20.6. The van der Waals surface area contributed by atoms with Crippen LogP contribution in [0.1, 0.15) is 118 Å².